The van der Waals surface area contributed by atoms with Gasteiger partial charge in [-0.1, -0.05) is 12.1 Å². The second kappa shape index (κ2) is 4.76. The molecule has 0 N–H and O–H groups in total. The van der Waals surface area contributed by atoms with E-state index in [0.717, 1.165) is 10.6 Å². The fourth-order valence-corrected chi connectivity index (χ4v) is 2.09. The molecule has 0 aliphatic carbocycles. The Hall–Kier alpha value is -2.19. The van der Waals surface area contributed by atoms with Crippen LogP contribution in [0.1, 0.15) is 16.1 Å². The molecule has 1 heterocycles. The molecule has 0 saturated carbocycles. The molecule has 0 amide bonds. The number of hydrogen-bond acceptors (Lipinski definition) is 5. The predicted molar refractivity (Wildman–Crippen MR) is 63.6 cm³/mol. The van der Waals surface area contributed by atoms with Gasteiger partial charge in [0.25, 0.3) is 0 Å². The maximum Gasteiger partial charge on any atom is 0.357 e. The molecule has 0 radical (unpaired) electrons. The Kier molecular flexibility index (Phi) is 3.17. The van der Waals surface area contributed by atoms with Crippen LogP contribution in [-0.4, -0.2) is 18.1 Å². The molecule has 1 aromatic heterocycles. The zero-order chi connectivity index (χ0) is 12.3. The van der Waals surface area contributed by atoms with Crippen LogP contribution in [0.3, 0.4) is 0 Å². The van der Waals surface area contributed by atoms with Crippen LogP contribution in [-0.2, 0) is 4.74 Å². The number of nitriles is 1. The highest BCUT2D eigenvalue weighted by Crippen LogP contribution is 2.24. The maximum atomic E-state index is 11.2. The summed E-state index contributed by atoms with van der Waals surface area (Å²) in [6.07, 6.45) is 0. The first-order valence-electron chi connectivity index (χ1n) is 4.79. The summed E-state index contributed by atoms with van der Waals surface area (Å²) in [6, 6.07) is 9.09. The highest BCUT2D eigenvalue weighted by Gasteiger charge is 2.11. The van der Waals surface area contributed by atoms with Gasteiger partial charge < -0.3 is 4.74 Å². The van der Waals surface area contributed by atoms with Gasteiger partial charge in [-0.05, 0) is 12.1 Å². The molecule has 0 spiro atoms. The molecule has 0 aliphatic heterocycles. The first-order chi connectivity index (χ1) is 8.24. The van der Waals surface area contributed by atoms with Crippen molar-refractivity contribution in [2.75, 3.05) is 7.11 Å². The summed E-state index contributed by atoms with van der Waals surface area (Å²) in [7, 11) is 1.32. The van der Waals surface area contributed by atoms with Crippen LogP contribution in [0.4, 0.5) is 0 Å². The van der Waals surface area contributed by atoms with Crippen LogP contribution in [0, 0.1) is 11.3 Å². The summed E-state index contributed by atoms with van der Waals surface area (Å²) in [6.45, 7) is 0. The Labute approximate surface area is 102 Å². The third-order valence-electron chi connectivity index (χ3n) is 2.16. The predicted octanol–water partition coefficient (Wildman–Crippen LogP) is 2.47. The monoisotopic (exact) mass is 244 g/mol. The topological polar surface area (TPSA) is 63.0 Å². The highest BCUT2D eigenvalue weighted by molar-refractivity contribution is 7.13. The van der Waals surface area contributed by atoms with Crippen molar-refractivity contribution >= 4 is 17.3 Å². The number of carbonyl (C=O) groups excluding carboxylic acids is 1. The van der Waals surface area contributed by atoms with Crippen LogP contribution in [0.25, 0.3) is 10.6 Å². The average molecular weight is 244 g/mol. The van der Waals surface area contributed by atoms with E-state index >= 15 is 0 Å². The first kappa shape index (κ1) is 11.3. The van der Waals surface area contributed by atoms with E-state index in [2.05, 4.69) is 9.72 Å². The van der Waals surface area contributed by atoms with Gasteiger partial charge in [0, 0.05) is 10.9 Å². The van der Waals surface area contributed by atoms with Crippen molar-refractivity contribution in [1.82, 2.24) is 4.98 Å². The summed E-state index contributed by atoms with van der Waals surface area (Å²) in [5.41, 5.74) is 1.78. The van der Waals surface area contributed by atoms with E-state index in [9.17, 15) is 4.79 Å². The normalized spacial score (nSPS) is 9.65. The molecule has 0 fully saturated rings. The molecule has 17 heavy (non-hydrogen) atoms. The number of thiazole rings is 1. The molecular weight excluding hydrogens is 236 g/mol. The molecule has 84 valence electrons. The number of methoxy groups -OCH3 is 1. The molecule has 0 aliphatic rings. The van der Waals surface area contributed by atoms with E-state index in [0.29, 0.717) is 11.3 Å². The number of carbonyl (C=O) groups is 1. The largest absolute Gasteiger partial charge is 0.464 e. The van der Waals surface area contributed by atoms with Crippen LogP contribution >= 0.6 is 11.3 Å². The van der Waals surface area contributed by atoms with Gasteiger partial charge in [0.1, 0.15) is 5.01 Å². The van der Waals surface area contributed by atoms with Gasteiger partial charge >= 0.3 is 5.97 Å². The zero-order valence-electron chi connectivity index (χ0n) is 9.01. The molecule has 0 unspecified atom stereocenters. The molecule has 0 bridgehead atoms. The lowest BCUT2D eigenvalue weighted by atomic mass is 10.1. The number of ether oxygens (including phenoxy) is 1. The van der Waals surface area contributed by atoms with Gasteiger partial charge in [0.05, 0.1) is 18.7 Å². The van der Waals surface area contributed by atoms with E-state index in [-0.39, 0.29) is 0 Å². The van der Waals surface area contributed by atoms with Gasteiger partial charge in [-0.3, -0.25) is 0 Å². The van der Waals surface area contributed by atoms with Gasteiger partial charge in [0.2, 0.25) is 0 Å². The minimum Gasteiger partial charge on any atom is -0.464 e. The minimum absolute atomic E-state index is 0.303. The fourth-order valence-electron chi connectivity index (χ4n) is 1.29. The summed E-state index contributed by atoms with van der Waals surface area (Å²) in [4.78, 5) is 15.4. The lowest BCUT2D eigenvalue weighted by Crippen LogP contribution is -2.00. The third-order valence-corrected chi connectivity index (χ3v) is 3.05. The summed E-state index contributed by atoms with van der Waals surface area (Å²) in [5, 5.41) is 11.1. The van der Waals surface area contributed by atoms with Crippen LogP contribution in [0.15, 0.2) is 29.6 Å². The fraction of sp³-hybridized carbons (Fsp3) is 0.0833. The smallest absolute Gasteiger partial charge is 0.357 e. The Morgan fingerprint density at radius 3 is 2.71 bits per heavy atom. The summed E-state index contributed by atoms with van der Waals surface area (Å²) < 4.78 is 4.58. The van der Waals surface area contributed by atoms with E-state index in [4.69, 9.17) is 5.26 Å². The number of aromatic nitrogens is 1. The standard InChI is InChI=1S/C12H8N2O2S/c1-16-12(15)10-7-17-11(14-10)9-4-2-8(6-13)3-5-9/h2-5,7H,1H3. The Morgan fingerprint density at radius 2 is 2.12 bits per heavy atom. The SMILES string of the molecule is COC(=O)c1csc(-c2ccc(C#N)cc2)n1. The van der Waals surface area contributed by atoms with E-state index in [1.165, 1.54) is 18.4 Å². The molecule has 0 saturated heterocycles. The Morgan fingerprint density at radius 1 is 1.41 bits per heavy atom. The van der Waals surface area contributed by atoms with Crippen LogP contribution in [0.2, 0.25) is 0 Å². The van der Waals surface area contributed by atoms with E-state index < -0.39 is 5.97 Å². The molecule has 4 nitrogen and oxygen atoms in total. The second-order valence-corrected chi connectivity index (χ2v) is 4.08. The number of hydrogen-bond donors (Lipinski definition) is 0. The second-order valence-electron chi connectivity index (χ2n) is 3.22. The van der Waals surface area contributed by atoms with Crippen molar-refractivity contribution in [1.29, 1.82) is 5.26 Å². The molecule has 2 aromatic rings. The van der Waals surface area contributed by atoms with Crippen LogP contribution in [0.5, 0.6) is 0 Å². The lowest BCUT2D eigenvalue weighted by Gasteiger charge is -1.95. The molecule has 1 aromatic carbocycles. The van der Waals surface area contributed by atoms with Crippen LogP contribution < -0.4 is 0 Å². The number of benzene rings is 1. The zero-order valence-corrected chi connectivity index (χ0v) is 9.82. The molecule has 0 atom stereocenters. The average Bonchev–Trinajstić information content (AvgIpc) is 2.87. The van der Waals surface area contributed by atoms with Gasteiger partial charge in [-0.2, -0.15) is 5.26 Å². The number of rotatable bonds is 2. The Bertz CT molecular complexity index is 581. The lowest BCUT2D eigenvalue weighted by molar-refractivity contribution is 0.0595. The van der Waals surface area contributed by atoms with Gasteiger partial charge in [-0.15, -0.1) is 11.3 Å². The maximum absolute atomic E-state index is 11.2. The van der Waals surface area contributed by atoms with Gasteiger partial charge in [0.15, 0.2) is 5.69 Å². The van der Waals surface area contributed by atoms with E-state index in [1.807, 2.05) is 6.07 Å². The molecular formula is C12H8N2O2S. The summed E-state index contributed by atoms with van der Waals surface area (Å²) >= 11 is 1.36. The van der Waals surface area contributed by atoms with Crippen molar-refractivity contribution < 1.29 is 9.53 Å². The van der Waals surface area contributed by atoms with Crippen molar-refractivity contribution in [2.45, 2.75) is 0 Å². The minimum atomic E-state index is -0.443. The molecule has 5 heteroatoms. The summed E-state index contributed by atoms with van der Waals surface area (Å²) in [5.74, 6) is -0.443. The van der Waals surface area contributed by atoms with E-state index in [1.54, 1.807) is 29.6 Å². The third kappa shape index (κ3) is 2.32. The quantitative estimate of drug-likeness (QED) is 0.761. The van der Waals surface area contributed by atoms with Crippen molar-refractivity contribution in [3.05, 3.63) is 40.9 Å². The highest BCUT2D eigenvalue weighted by atomic mass is 32.1. The van der Waals surface area contributed by atoms with Crippen molar-refractivity contribution in [3.8, 4) is 16.6 Å². The van der Waals surface area contributed by atoms with Crippen molar-refractivity contribution in [3.63, 3.8) is 0 Å². The van der Waals surface area contributed by atoms with Crippen molar-refractivity contribution in [2.24, 2.45) is 0 Å². The molecule has 2 rings (SSSR count). The first-order valence-corrected chi connectivity index (χ1v) is 5.67. The van der Waals surface area contributed by atoms with Gasteiger partial charge in [-0.25, -0.2) is 9.78 Å². The Balaban J connectivity index is 2.31. The number of esters is 1. The number of nitrogens with zero attached hydrogens (tertiary/aromatic N) is 2.